The third-order valence-electron chi connectivity index (χ3n) is 16.5. The first-order chi connectivity index (χ1) is 31.5. The largest absolute Gasteiger partial charge is 0.494 e. The van der Waals surface area contributed by atoms with Gasteiger partial charge in [0.1, 0.15) is 0 Å². The van der Waals surface area contributed by atoms with E-state index in [1.807, 2.05) is 13.8 Å². The lowest BCUT2D eigenvalue weighted by Gasteiger charge is -2.37. The van der Waals surface area contributed by atoms with Crippen LogP contribution >= 0.6 is 0 Å². The molecule has 1 aliphatic heterocycles. The topological polar surface area (TPSA) is 47.9 Å². The summed E-state index contributed by atoms with van der Waals surface area (Å²) in [7, 11) is 1.35. The summed E-state index contributed by atoms with van der Waals surface area (Å²) in [6.45, 7) is 20.5. The van der Waals surface area contributed by atoms with Crippen LogP contribution in [-0.2, 0) is 24.8 Å². The highest BCUT2D eigenvalue weighted by atomic mass is 16.7. The van der Waals surface area contributed by atoms with Gasteiger partial charge in [-0.25, -0.2) is 0 Å². The summed E-state index contributed by atoms with van der Waals surface area (Å²) in [5.41, 5.74) is 12.2. The van der Waals surface area contributed by atoms with E-state index in [0.717, 1.165) is 10.9 Å². The Morgan fingerprint density at radius 1 is 0.530 bits per heavy atom. The second-order valence-corrected chi connectivity index (χ2v) is 22.0. The molecule has 1 radical (unpaired) electrons. The third kappa shape index (κ3) is 8.83. The zero-order valence-electron chi connectivity index (χ0n) is 42.1. The Kier molecular flexibility index (Phi) is 14.1. The van der Waals surface area contributed by atoms with E-state index in [1.165, 1.54) is 146 Å². The molecule has 66 heavy (non-hydrogen) atoms. The molecule has 1 atom stereocenters. The van der Waals surface area contributed by atoms with E-state index in [2.05, 4.69) is 151 Å². The first-order valence-corrected chi connectivity index (χ1v) is 25.7. The van der Waals surface area contributed by atoms with Crippen LogP contribution in [0.3, 0.4) is 0 Å². The molecule has 1 saturated heterocycles. The van der Waals surface area contributed by atoms with Gasteiger partial charge < -0.3 is 19.1 Å². The van der Waals surface area contributed by atoms with Gasteiger partial charge in [-0.05, 0) is 141 Å². The summed E-state index contributed by atoms with van der Waals surface area (Å²) in [5, 5.41) is 10.9. The van der Waals surface area contributed by atoms with Gasteiger partial charge in [-0.2, -0.15) is 0 Å². The summed E-state index contributed by atoms with van der Waals surface area (Å²) in [4.78, 5) is 0. The molecular weight excluding hydrogens is 806 g/mol. The number of rotatable bonds is 21. The first kappa shape index (κ1) is 48.5. The van der Waals surface area contributed by atoms with Crippen LogP contribution in [0.4, 0.5) is 0 Å². The molecule has 3 aliphatic rings. The molecule has 0 aromatic heterocycles. The predicted molar refractivity (Wildman–Crippen MR) is 279 cm³/mol. The Bertz CT molecular complexity index is 2410. The molecule has 0 spiro atoms. The summed E-state index contributed by atoms with van der Waals surface area (Å²) in [5.74, 6) is 0. The molecule has 6 heteroatoms. The van der Waals surface area contributed by atoms with Crippen molar-refractivity contribution in [2.24, 2.45) is 0 Å². The van der Waals surface area contributed by atoms with Crippen molar-refractivity contribution in [2.45, 2.75) is 192 Å². The van der Waals surface area contributed by atoms with E-state index >= 15 is 0 Å². The van der Waals surface area contributed by atoms with Crippen molar-refractivity contribution in [1.82, 2.24) is 0 Å². The van der Waals surface area contributed by atoms with E-state index in [4.69, 9.17) is 14.0 Å². The fourth-order valence-corrected chi connectivity index (χ4v) is 11.1. The van der Waals surface area contributed by atoms with Crippen molar-refractivity contribution in [3.05, 3.63) is 143 Å². The summed E-state index contributed by atoms with van der Waals surface area (Å²) in [6, 6.07) is 41.9. The fraction of sp³-hybridized carbons (Fsp3) is 0.500. The van der Waals surface area contributed by atoms with Crippen molar-refractivity contribution in [3.8, 4) is 22.3 Å². The number of hydrogen-bond acceptors (Lipinski definition) is 4. The molecule has 1 N–H and O–H groups in total. The highest BCUT2D eigenvalue weighted by molar-refractivity contribution is 6.62. The highest BCUT2D eigenvalue weighted by Gasteiger charge is 2.53. The zero-order chi connectivity index (χ0) is 47.0. The van der Waals surface area contributed by atoms with Gasteiger partial charge in [-0.3, -0.25) is 0 Å². The van der Waals surface area contributed by atoms with E-state index in [-0.39, 0.29) is 5.41 Å². The number of benzene rings is 5. The Hall–Kier alpha value is -3.93. The maximum atomic E-state index is 10.9. The van der Waals surface area contributed by atoms with Crippen LogP contribution in [0.2, 0.25) is 0 Å². The SMILES string of the molecule is CCCCCCCCC1(CCCCCCCC)c2ccccc2-c2cc3c(cc21)-c1ccccc1C3(c1ccc([B]OC(C)(C)C(C)(C)O)cc1)c1ccc(B2OC(C)(C)C(C)(C)O2)cc1. The normalized spacial score (nSPS) is 18.8. The Morgan fingerprint density at radius 2 is 0.985 bits per heavy atom. The smallest absolute Gasteiger partial charge is 0.427 e. The molecule has 1 unspecified atom stereocenters. The lowest BCUT2D eigenvalue weighted by molar-refractivity contribution is -0.0893. The van der Waals surface area contributed by atoms with Crippen LogP contribution < -0.4 is 10.9 Å². The number of fused-ring (bicyclic) bond motifs is 6. The van der Waals surface area contributed by atoms with Crippen LogP contribution in [0.25, 0.3) is 22.3 Å². The molecule has 5 aromatic rings. The summed E-state index contributed by atoms with van der Waals surface area (Å²) in [6.07, 6.45) is 18.0. The molecule has 0 bridgehead atoms. The molecule has 4 nitrogen and oxygen atoms in total. The van der Waals surface area contributed by atoms with Gasteiger partial charge in [0, 0.05) is 5.41 Å². The number of hydrogen-bond donors (Lipinski definition) is 1. The molecule has 1 heterocycles. The van der Waals surface area contributed by atoms with Gasteiger partial charge in [0.25, 0.3) is 0 Å². The maximum absolute atomic E-state index is 10.9. The van der Waals surface area contributed by atoms with Crippen LogP contribution in [-0.4, -0.2) is 42.1 Å². The van der Waals surface area contributed by atoms with Crippen molar-refractivity contribution >= 4 is 25.5 Å². The lowest BCUT2D eigenvalue weighted by atomic mass is 9.65. The van der Waals surface area contributed by atoms with Crippen LogP contribution in [0.1, 0.15) is 193 Å². The third-order valence-corrected chi connectivity index (χ3v) is 16.5. The van der Waals surface area contributed by atoms with Gasteiger partial charge in [0.05, 0.1) is 27.8 Å². The van der Waals surface area contributed by atoms with Crippen molar-refractivity contribution in [1.29, 1.82) is 0 Å². The average Bonchev–Trinajstić information content (AvgIpc) is 3.83. The van der Waals surface area contributed by atoms with E-state index in [1.54, 1.807) is 21.3 Å². The minimum atomic E-state index is -1.02. The zero-order valence-corrected chi connectivity index (χ0v) is 42.1. The molecule has 2 aliphatic carbocycles. The summed E-state index contributed by atoms with van der Waals surface area (Å²) >= 11 is 0. The second-order valence-electron chi connectivity index (χ2n) is 22.0. The standard InChI is InChI=1S/C60H77B2O4/c1-11-13-15-17-19-25-39-59(40-26-20-18-16-14-12-2)51-29-23-21-27-47(51)49-42-54-50(41-53(49)59)48-28-22-24-30-52(48)60(54,43-31-35-45(36-32-43)61-64-56(5,6)55(3,4)63)44-33-37-46(38-34-44)62-65-57(7,8)58(9,10)66-62/h21-24,27-38,41-42,63H,11-20,25-26,39-40H2,1-10H3. The number of unbranched alkanes of at least 4 members (excludes halogenated alkanes) is 10. The Morgan fingerprint density at radius 3 is 1.53 bits per heavy atom. The fourth-order valence-electron chi connectivity index (χ4n) is 11.1. The average molecular weight is 884 g/mol. The second kappa shape index (κ2) is 19.2. The van der Waals surface area contributed by atoms with Crippen LogP contribution in [0.5, 0.6) is 0 Å². The van der Waals surface area contributed by atoms with Gasteiger partial charge in [-0.1, -0.05) is 193 Å². The number of aliphatic hydroxyl groups is 1. The maximum Gasteiger partial charge on any atom is 0.494 e. The van der Waals surface area contributed by atoms with Gasteiger partial charge in [-0.15, -0.1) is 0 Å². The monoisotopic (exact) mass is 884 g/mol. The van der Waals surface area contributed by atoms with Gasteiger partial charge >= 0.3 is 14.6 Å². The molecule has 347 valence electrons. The van der Waals surface area contributed by atoms with Crippen LogP contribution in [0, 0.1) is 0 Å². The minimum absolute atomic E-state index is 0.0183. The predicted octanol–water partition coefficient (Wildman–Crippen LogP) is 13.9. The molecule has 0 amide bonds. The molecule has 5 aromatic carbocycles. The lowest BCUT2D eigenvalue weighted by Crippen LogP contribution is -2.49. The van der Waals surface area contributed by atoms with E-state index in [0.29, 0.717) is 0 Å². The molecular formula is C60H77B2O4. The Labute approximate surface area is 400 Å². The summed E-state index contributed by atoms with van der Waals surface area (Å²) < 4.78 is 19.4. The minimum Gasteiger partial charge on any atom is -0.427 e. The molecule has 1 fully saturated rings. The van der Waals surface area contributed by atoms with Gasteiger partial charge in [0.2, 0.25) is 0 Å². The van der Waals surface area contributed by atoms with Gasteiger partial charge in [0.15, 0.2) is 0 Å². The quantitative estimate of drug-likeness (QED) is 0.0578. The van der Waals surface area contributed by atoms with Crippen molar-refractivity contribution < 1.29 is 19.1 Å². The van der Waals surface area contributed by atoms with Crippen molar-refractivity contribution in [3.63, 3.8) is 0 Å². The first-order valence-electron chi connectivity index (χ1n) is 25.7. The molecule has 8 rings (SSSR count). The Balaban J connectivity index is 1.29. The van der Waals surface area contributed by atoms with Crippen LogP contribution in [0.15, 0.2) is 109 Å². The van der Waals surface area contributed by atoms with Crippen molar-refractivity contribution in [2.75, 3.05) is 0 Å². The highest BCUT2D eigenvalue weighted by Crippen LogP contribution is 2.61. The van der Waals surface area contributed by atoms with E-state index < -0.39 is 34.9 Å². The van der Waals surface area contributed by atoms with E-state index in [9.17, 15) is 5.11 Å². The molecule has 0 saturated carbocycles.